The van der Waals surface area contributed by atoms with Crippen molar-refractivity contribution in [3.05, 3.63) is 51.2 Å². The van der Waals surface area contributed by atoms with Gasteiger partial charge in [0.05, 0.1) is 24.4 Å². The van der Waals surface area contributed by atoms with Crippen molar-refractivity contribution < 1.29 is 13.9 Å². The van der Waals surface area contributed by atoms with Crippen LogP contribution in [0.1, 0.15) is 5.56 Å². The number of ether oxygens (including phenoxy) is 2. The minimum atomic E-state index is -0.387. The largest absolute Gasteiger partial charge is 0.493 e. The Bertz CT molecular complexity index is 652. The van der Waals surface area contributed by atoms with Crippen LogP contribution in [0.2, 0.25) is 5.02 Å². The van der Waals surface area contributed by atoms with Crippen molar-refractivity contribution in [2.45, 2.75) is 6.54 Å². The second-order valence-electron chi connectivity index (χ2n) is 4.29. The number of benzene rings is 2. The average molecular weight is 375 g/mol. The normalized spacial score (nSPS) is 10.3. The number of rotatable bonds is 5. The third-order valence-corrected chi connectivity index (χ3v) is 3.73. The summed E-state index contributed by atoms with van der Waals surface area (Å²) in [5, 5.41) is 3.39. The van der Waals surface area contributed by atoms with E-state index in [0.717, 1.165) is 10.0 Å². The summed E-state index contributed by atoms with van der Waals surface area (Å²) >= 11 is 9.15. The maximum absolute atomic E-state index is 13.7. The molecule has 0 aromatic heterocycles. The molecule has 0 aliphatic heterocycles. The topological polar surface area (TPSA) is 30.5 Å². The van der Waals surface area contributed by atoms with Crippen LogP contribution in [0.5, 0.6) is 11.5 Å². The molecule has 0 saturated heterocycles. The highest BCUT2D eigenvalue weighted by Gasteiger charge is 2.11. The van der Waals surface area contributed by atoms with E-state index in [4.69, 9.17) is 21.1 Å². The zero-order valence-electron chi connectivity index (χ0n) is 11.5. The van der Waals surface area contributed by atoms with Gasteiger partial charge in [-0.25, -0.2) is 4.39 Å². The fourth-order valence-electron chi connectivity index (χ4n) is 1.90. The lowest BCUT2D eigenvalue weighted by Crippen LogP contribution is -2.02. The van der Waals surface area contributed by atoms with E-state index in [0.29, 0.717) is 28.8 Å². The Labute approximate surface area is 136 Å². The summed E-state index contributed by atoms with van der Waals surface area (Å²) in [6, 6.07) is 8.24. The van der Waals surface area contributed by atoms with Crippen molar-refractivity contribution in [1.29, 1.82) is 0 Å². The smallest absolute Gasteiger partial charge is 0.174 e. The van der Waals surface area contributed by atoms with Crippen molar-refractivity contribution >= 4 is 33.2 Å². The maximum Gasteiger partial charge on any atom is 0.174 e. The maximum atomic E-state index is 13.7. The van der Waals surface area contributed by atoms with E-state index in [1.807, 2.05) is 12.1 Å². The second-order valence-corrected chi connectivity index (χ2v) is 5.58. The van der Waals surface area contributed by atoms with Crippen LogP contribution < -0.4 is 14.8 Å². The van der Waals surface area contributed by atoms with Crippen LogP contribution in [0.3, 0.4) is 0 Å². The Kier molecular flexibility index (Phi) is 5.31. The van der Waals surface area contributed by atoms with Gasteiger partial charge in [0.1, 0.15) is 5.82 Å². The molecule has 0 radical (unpaired) electrons. The van der Waals surface area contributed by atoms with Crippen molar-refractivity contribution in [3.63, 3.8) is 0 Å². The van der Waals surface area contributed by atoms with Gasteiger partial charge in [0.2, 0.25) is 0 Å². The minimum absolute atomic E-state index is 0.368. The molecule has 0 unspecified atom stereocenters. The Hall–Kier alpha value is -1.46. The predicted molar refractivity (Wildman–Crippen MR) is 86.0 cm³/mol. The van der Waals surface area contributed by atoms with E-state index < -0.39 is 0 Å². The first-order chi connectivity index (χ1) is 10.0. The lowest BCUT2D eigenvalue weighted by atomic mass is 10.2. The summed E-state index contributed by atoms with van der Waals surface area (Å²) in [6.07, 6.45) is 0. The first-order valence-corrected chi connectivity index (χ1v) is 7.31. The van der Waals surface area contributed by atoms with Gasteiger partial charge < -0.3 is 14.8 Å². The number of methoxy groups -OCH3 is 2. The van der Waals surface area contributed by atoms with Crippen LogP contribution in [0.4, 0.5) is 10.1 Å². The average Bonchev–Trinajstić information content (AvgIpc) is 2.45. The lowest BCUT2D eigenvalue weighted by molar-refractivity contribution is 0.352. The molecule has 0 aliphatic rings. The Balaban J connectivity index is 2.18. The van der Waals surface area contributed by atoms with Gasteiger partial charge in [-0.1, -0.05) is 11.6 Å². The SMILES string of the molecule is COc1cc(CNc2ccc(Cl)cc2F)cc(Br)c1OC. The summed E-state index contributed by atoms with van der Waals surface area (Å²) in [6.45, 7) is 0.442. The van der Waals surface area contributed by atoms with Crippen LogP contribution >= 0.6 is 27.5 Å². The fraction of sp³-hybridized carbons (Fsp3) is 0.200. The number of anilines is 1. The van der Waals surface area contributed by atoms with Crippen molar-refractivity contribution in [2.24, 2.45) is 0 Å². The molecule has 3 nitrogen and oxygen atoms in total. The third kappa shape index (κ3) is 3.80. The van der Waals surface area contributed by atoms with Crippen LogP contribution in [0, 0.1) is 5.82 Å². The summed E-state index contributed by atoms with van der Waals surface area (Å²) in [5.41, 5.74) is 1.32. The molecular formula is C15H14BrClFNO2. The molecule has 2 rings (SSSR count). The summed E-state index contributed by atoms with van der Waals surface area (Å²) < 4.78 is 25.0. The summed E-state index contributed by atoms with van der Waals surface area (Å²) in [7, 11) is 3.14. The Morgan fingerprint density at radius 1 is 1.19 bits per heavy atom. The summed E-state index contributed by atoms with van der Waals surface area (Å²) in [4.78, 5) is 0. The van der Waals surface area contributed by atoms with Gasteiger partial charge >= 0.3 is 0 Å². The van der Waals surface area contributed by atoms with Crippen molar-refractivity contribution in [1.82, 2.24) is 0 Å². The molecule has 2 aromatic rings. The van der Waals surface area contributed by atoms with Crippen LogP contribution in [0.15, 0.2) is 34.8 Å². The molecule has 1 N–H and O–H groups in total. The van der Waals surface area contributed by atoms with Gasteiger partial charge in [-0.15, -0.1) is 0 Å². The highest BCUT2D eigenvalue weighted by Crippen LogP contribution is 2.36. The van der Waals surface area contributed by atoms with Gasteiger partial charge in [0.25, 0.3) is 0 Å². The molecule has 0 amide bonds. The fourth-order valence-corrected chi connectivity index (χ4v) is 2.71. The van der Waals surface area contributed by atoms with Gasteiger partial charge in [-0.2, -0.15) is 0 Å². The van der Waals surface area contributed by atoms with Crippen LogP contribution in [0.25, 0.3) is 0 Å². The van der Waals surface area contributed by atoms with E-state index in [2.05, 4.69) is 21.2 Å². The molecule has 6 heteroatoms. The molecule has 0 aliphatic carbocycles. The molecule has 0 atom stereocenters. The number of hydrogen-bond acceptors (Lipinski definition) is 3. The van der Waals surface area contributed by atoms with Crippen LogP contribution in [-0.4, -0.2) is 14.2 Å². The quantitative estimate of drug-likeness (QED) is 0.810. The first kappa shape index (κ1) is 15.9. The highest BCUT2D eigenvalue weighted by atomic mass is 79.9. The van der Waals surface area contributed by atoms with E-state index in [1.54, 1.807) is 26.4 Å². The van der Waals surface area contributed by atoms with Gasteiger partial charge in [0, 0.05) is 11.6 Å². The second kappa shape index (κ2) is 7.00. The van der Waals surface area contributed by atoms with E-state index in [1.165, 1.54) is 6.07 Å². The third-order valence-electron chi connectivity index (χ3n) is 2.91. The van der Waals surface area contributed by atoms with E-state index >= 15 is 0 Å². The Morgan fingerprint density at radius 3 is 2.57 bits per heavy atom. The predicted octanol–water partition coefficient (Wildman–Crippen LogP) is 4.87. The van der Waals surface area contributed by atoms with Crippen LogP contribution in [-0.2, 0) is 6.54 Å². The monoisotopic (exact) mass is 373 g/mol. The number of hydrogen-bond donors (Lipinski definition) is 1. The zero-order valence-corrected chi connectivity index (χ0v) is 13.9. The first-order valence-electron chi connectivity index (χ1n) is 6.14. The summed E-state index contributed by atoms with van der Waals surface area (Å²) in [5.74, 6) is 0.848. The van der Waals surface area contributed by atoms with E-state index in [9.17, 15) is 4.39 Å². The number of halogens is 3. The standard InChI is InChI=1S/C15H14BrClFNO2/c1-20-14-6-9(5-11(16)15(14)21-2)8-19-13-4-3-10(17)7-12(13)18/h3-7,19H,8H2,1-2H3. The lowest BCUT2D eigenvalue weighted by Gasteiger charge is -2.13. The van der Waals surface area contributed by atoms with Crippen molar-refractivity contribution in [3.8, 4) is 11.5 Å². The number of nitrogens with one attached hydrogen (secondary N) is 1. The van der Waals surface area contributed by atoms with Gasteiger partial charge in [0.15, 0.2) is 11.5 Å². The molecule has 0 bridgehead atoms. The molecule has 2 aromatic carbocycles. The molecule has 112 valence electrons. The van der Waals surface area contributed by atoms with Gasteiger partial charge in [-0.3, -0.25) is 0 Å². The van der Waals surface area contributed by atoms with Crippen molar-refractivity contribution in [2.75, 3.05) is 19.5 Å². The molecular weight excluding hydrogens is 361 g/mol. The molecule has 21 heavy (non-hydrogen) atoms. The molecule has 0 saturated carbocycles. The highest BCUT2D eigenvalue weighted by molar-refractivity contribution is 9.10. The molecule has 0 spiro atoms. The van der Waals surface area contributed by atoms with Gasteiger partial charge in [-0.05, 0) is 51.8 Å². The zero-order chi connectivity index (χ0) is 15.4. The molecule has 0 heterocycles. The molecule has 0 fully saturated rings. The van der Waals surface area contributed by atoms with E-state index in [-0.39, 0.29) is 5.82 Å². The minimum Gasteiger partial charge on any atom is -0.493 e. The Morgan fingerprint density at radius 2 is 1.95 bits per heavy atom.